The Hall–Kier alpha value is -0.900. The number of carbonyl (C=O) groups excluding carboxylic acids is 1. The fourth-order valence-corrected chi connectivity index (χ4v) is 0.636. The number of carboxylic acid groups (broad SMARTS) is 1. The molecular formula is C7H13NO3. The minimum absolute atomic E-state index is 0.194. The van der Waals surface area contributed by atoms with Gasteiger partial charge < -0.3 is 10.4 Å². The van der Waals surface area contributed by atoms with Crippen LogP contribution in [0.5, 0.6) is 0 Å². The SMILES string of the molecule is CC(=O)C1CCN1.CC(=O)O. The van der Waals surface area contributed by atoms with Crippen molar-refractivity contribution in [3.8, 4) is 0 Å². The maximum Gasteiger partial charge on any atom is 0.300 e. The van der Waals surface area contributed by atoms with Crippen LogP contribution in [0.25, 0.3) is 0 Å². The number of hydrogen-bond acceptors (Lipinski definition) is 3. The van der Waals surface area contributed by atoms with Crippen molar-refractivity contribution in [1.29, 1.82) is 0 Å². The minimum Gasteiger partial charge on any atom is -0.481 e. The van der Waals surface area contributed by atoms with Crippen LogP contribution in [0.4, 0.5) is 0 Å². The van der Waals surface area contributed by atoms with E-state index in [1.54, 1.807) is 6.92 Å². The molecule has 0 radical (unpaired) electrons. The summed E-state index contributed by atoms with van der Waals surface area (Å²) in [5.74, 6) is -0.564. The standard InChI is InChI=1S/C5H9NO.C2H4O2/c1-4(7)5-2-3-6-5;1-2(3)4/h5-6H,2-3H2,1H3;1H3,(H,3,4). The van der Waals surface area contributed by atoms with Crippen LogP contribution < -0.4 is 5.32 Å². The highest BCUT2D eigenvalue weighted by atomic mass is 16.4. The lowest BCUT2D eigenvalue weighted by Gasteiger charge is -2.24. The second-order valence-electron chi connectivity index (χ2n) is 2.43. The summed E-state index contributed by atoms with van der Waals surface area (Å²) in [7, 11) is 0. The molecule has 0 aromatic heterocycles. The number of rotatable bonds is 1. The van der Waals surface area contributed by atoms with Crippen LogP contribution in [0.15, 0.2) is 0 Å². The minimum atomic E-state index is -0.833. The van der Waals surface area contributed by atoms with Gasteiger partial charge in [-0.2, -0.15) is 0 Å². The molecule has 0 bridgehead atoms. The molecule has 1 aliphatic heterocycles. The zero-order valence-corrected chi connectivity index (χ0v) is 6.76. The number of nitrogens with one attached hydrogen (secondary N) is 1. The Morgan fingerprint density at radius 1 is 1.45 bits per heavy atom. The molecule has 1 aliphatic rings. The maximum atomic E-state index is 10.4. The number of Topliss-reactive ketones (excluding diaryl/α,β-unsaturated/α-hetero) is 1. The van der Waals surface area contributed by atoms with Crippen molar-refractivity contribution in [1.82, 2.24) is 5.32 Å². The summed E-state index contributed by atoms with van der Waals surface area (Å²) >= 11 is 0. The Morgan fingerprint density at radius 3 is 1.82 bits per heavy atom. The quantitative estimate of drug-likeness (QED) is 0.566. The first-order valence-electron chi connectivity index (χ1n) is 3.47. The van der Waals surface area contributed by atoms with Crippen LogP contribution in [0.1, 0.15) is 20.3 Å². The summed E-state index contributed by atoms with van der Waals surface area (Å²) in [5.41, 5.74) is 0. The van der Waals surface area contributed by atoms with Gasteiger partial charge in [0, 0.05) is 6.92 Å². The van der Waals surface area contributed by atoms with Crippen molar-refractivity contribution < 1.29 is 14.7 Å². The molecule has 0 aliphatic carbocycles. The predicted molar refractivity (Wildman–Crippen MR) is 40.4 cm³/mol. The molecule has 0 aromatic carbocycles. The lowest BCUT2D eigenvalue weighted by atomic mass is 10.0. The Morgan fingerprint density at radius 2 is 1.82 bits per heavy atom. The number of carboxylic acids is 1. The van der Waals surface area contributed by atoms with E-state index in [-0.39, 0.29) is 11.8 Å². The van der Waals surface area contributed by atoms with Crippen molar-refractivity contribution >= 4 is 11.8 Å². The number of carbonyl (C=O) groups is 2. The van der Waals surface area contributed by atoms with Crippen LogP contribution in [0.3, 0.4) is 0 Å². The van der Waals surface area contributed by atoms with E-state index >= 15 is 0 Å². The van der Waals surface area contributed by atoms with Crippen molar-refractivity contribution in [3.05, 3.63) is 0 Å². The number of aliphatic carboxylic acids is 1. The van der Waals surface area contributed by atoms with Gasteiger partial charge in [-0.25, -0.2) is 0 Å². The average molecular weight is 159 g/mol. The molecule has 0 aromatic rings. The lowest BCUT2D eigenvalue weighted by molar-refractivity contribution is -0.134. The predicted octanol–water partition coefficient (Wildman–Crippen LogP) is 0.0282. The van der Waals surface area contributed by atoms with Gasteiger partial charge in [0.15, 0.2) is 0 Å². The van der Waals surface area contributed by atoms with Crippen molar-refractivity contribution in [2.75, 3.05) is 6.54 Å². The van der Waals surface area contributed by atoms with Gasteiger partial charge in [-0.15, -0.1) is 0 Å². The van der Waals surface area contributed by atoms with Gasteiger partial charge >= 0.3 is 0 Å². The van der Waals surface area contributed by atoms with E-state index in [4.69, 9.17) is 9.90 Å². The molecule has 64 valence electrons. The van der Waals surface area contributed by atoms with E-state index in [1.165, 1.54) is 0 Å². The van der Waals surface area contributed by atoms with Gasteiger partial charge in [0.1, 0.15) is 5.78 Å². The highest BCUT2D eigenvalue weighted by Gasteiger charge is 2.19. The van der Waals surface area contributed by atoms with Gasteiger partial charge in [0.25, 0.3) is 5.97 Å². The van der Waals surface area contributed by atoms with Gasteiger partial charge in [-0.1, -0.05) is 0 Å². The first kappa shape index (κ1) is 10.1. The third kappa shape index (κ3) is 5.54. The molecule has 4 heteroatoms. The van der Waals surface area contributed by atoms with Crippen LogP contribution in [-0.4, -0.2) is 29.4 Å². The molecule has 2 N–H and O–H groups in total. The summed E-state index contributed by atoms with van der Waals surface area (Å²) in [6.07, 6.45) is 1.04. The van der Waals surface area contributed by atoms with E-state index in [0.29, 0.717) is 0 Å². The van der Waals surface area contributed by atoms with Crippen molar-refractivity contribution in [3.63, 3.8) is 0 Å². The maximum absolute atomic E-state index is 10.4. The third-order valence-corrected chi connectivity index (χ3v) is 1.31. The van der Waals surface area contributed by atoms with Crippen LogP contribution in [0.2, 0.25) is 0 Å². The van der Waals surface area contributed by atoms with Crippen molar-refractivity contribution in [2.24, 2.45) is 0 Å². The van der Waals surface area contributed by atoms with Crippen LogP contribution in [0, 0.1) is 0 Å². The molecule has 11 heavy (non-hydrogen) atoms. The van der Waals surface area contributed by atoms with Gasteiger partial charge in [0.05, 0.1) is 6.04 Å². The average Bonchev–Trinajstić information content (AvgIpc) is 1.53. The Balaban J connectivity index is 0.000000218. The molecule has 1 rings (SSSR count). The molecule has 1 fully saturated rings. The third-order valence-electron chi connectivity index (χ3n) is 1.31. The highest BCUT2D eigenvalue weighted by molar-refractivity contribution is 5.82. The van der Waals surface area contributed by atoms with Crippen LogP contribution in [-0.2, 0) is 9.59 Å². The first-order valence-corrected chi connectivity index (χ1v) is 3.47. The van der Waals surface area contributed by atoms with Gasteiger partial charge in [-0.3, -0.25) is 9.59 Å². The molecule has 4 nitrogen and oxygen atoms in total. The Labute approximate surface area is 65.6 Å². The molecular weight excluding hydrogens is 146 g/mol. The number of hydrogen-bond donors (Lipinski definition) is 2. The first-order chi connectivity index (χ1) is 5.04. The van der Waals surface area contributed by atoms with E-state index in [0.717, 1.165) is 19.9 Å². The fraction of sp³-hybridized carbons (Fsp3) is 0.714. The van der Waals surface area contributed by atoms with Gasteiger partial charge in [0.2, 0.25) is 0 Å². The molecule has 1 saturated heterocycles. The summed E-state index contributed by atoms with van der Waals surface area (Å²) in [4.78, 5) is 19.4. The Kier molecular flexibility index (Phi) is 4.45. The molecule has 0 saturated carbocycles. The van der Waals surface area contributed by atoms with Gasteiger partial charge in [-0.05, 0) is 19.9 Å². The van der Waals surface area contributed by atoms with E-state index in [9.17, 15) is 4.79 Å². The monoisotopic (exact) mass is 159 g/mol. The summed E-state index contributed by atoms with van der Waals surface area (Å²) in [6, 6.07) is 0.194. The summed E-state index contributed by atoms with van der Waals surface area (Å²) in [6.45, 7) is 3.72. The second-order valence-corrected chi connectivity index (χ2v) is 2.43. The van der Waals surface area contributed by atoms with Crippen molar-refractivity contribution in [2.45, 2.75) is 26.3 Å². The summed E-state index contributed by atoms with van der Waals surface area (Å²) < 4.78 is 0. The molecule has 0 amide bonds. The fourth-order valence-electron chi connectivity index (χ4n) is 0.636. The number of ketones is 1. The molecule has 1 unspecified atom stereocenters. The topological polar surface area (TPSA) is 66.4 Å². The summed E-state index contributed by atoms with van der Waals surface area (Å²) in [5, 5.41) is 10.4. The zero-order chi connectivity index (χ0) is 8.85. The molecule has 1 heterocycles. The molecule has 1 atom stereocenters. The van der Waals surface area contributed by atoms with E-state index in [2.05, 4.69) is 5.32 Å². The van der Waals surface area contributed by atoms with E-state index < -0.39 is 5.97 Å². The second kappa shape index (κ2) is 4.85. The van der Waals surface area contributed by atoms with E-state index in [1.807, 2.05) is 0 Å². The van der Waals surface area contributed by atoms with Crippen LogP contribution >= 0.6 is 0 Å². The smallest absolute Gasteiger partial charge is 0.300 e. The normalized spacial score (nSPS) is 20.7. The zero-order valence-electron chi connectivity index (χ0n) is 6.76. The Bertz CT molecular complexity index is 148. The lowest BCUT2D eigenvalue weighted by Crippen LogP contribution is -2.47. The molecule has 0 spiro atoms. The highest BCUT2D eigenvalue weighted by Crippen LogP contribution is 2.00. The largest absolute Gasteiger partial charge is 0.481 e.